The highest BCUT2D eigenvalue weighted by atomic mass is 16.5. The first-order chi connectivity index (χ1) is 14.5. The number of anilines is 1. The normalized spacial score (nSPS) is 21.3. The average Bonchev–Trinajstić information content (AvgIpc) is 2.71. The molecule has 6 heteroatoms. The van der Waals surface area contributed by atoms with Crippen LogP contribution in [0.3, 0.4) is 0 Å². The quantitative estimate of drug-likeness (QED) is 0.797. The van der Waals surface area contributed by atoms with E-state index in [1.165, 1.54) is 12.0 Å². The Bertz CT molecular complexity index is 933. The molecule has 2 aliphatic heterocycles. The molecule has 0 spiro atoms. The van der Waals surface area contributed by atoms with Crippen LogP contribution in [0.15, 0.2) is 42.5 Å². The number of likely N-dealkylation sites (tertiary alicyclic amines) is 1. The molecule has 2 amide bonds. The molecule has 1 saturated heterocycles. The van der Waals surface area contributed by atoms with E-state index in [9.17, 15) is 9.59 Å². The van der Waals surface area contributed by atoms with Gasteiger partial charge in [0, 0.05) is 31.7 Å². The van der Waals surface area contributed by atoms with E-state index in [-0.39, 0.29) is 18.4 Å². The lowest BCUT2D eigenvalue weighted by molar-refractivity contribution is -0.118. The van der Waals surface area contributed by atoms with Gasteiger partial charge in [0.25, 0.3) is 11.8 Å². The first-order valence-electron chi connectivity index (χ1n) is 10.6. The summed E-state index contributed by atoms with van der Waals surface area (Å²) in [5.41, 5.74) is 3.51. The number of hydrogen-bond donors (Lipinski definition) is 2. The molecule has 0 aliphatic carbocycles. The summed E-state index contributed by atoms with van der Waals surface area (Å²) in [5.74, 6) is 1.62. The fourth-order valence-electron chi connectivity index (χ4n) is 4.54. The van der Waals surface area contributed by atoms with E-state index in [1.807, 2.05) is 6.07 Å². The minimum Gasteiger partial charge on any atom is -0.482 e. The van der Waals surface area contributed by atoms with Gasteiger partial charge in [0.15, 0.2) is 6.61 Å². The maximum atomic E-state index is 12.7. The van der Waals surface area contributed by atoms with Gasteiger partial charge in [-0.2, -0.15) is 0 Å². The van der Waals surface area contributed by atoms with E-state index >= 15 is 0 Å². The molecule has 2 aromatic rings. The van der Waals surface area contributed by atoms with Crippen molar-refractivity contribution in [1.82, 2.24) is 10.2 Å². The second-order valence-electron chi connectivity index (χ2n) is 8.64. The molecule has 6 nitrogen and oxygen atoms in total. The fraction of sp³-hybridized carbons (Fsp3) is 0.417. The second kappa shape index (κ2) is 8.88. The number of benzene rings is 2. The minimum atomic E-state index is -0.186. The summed E-state index contributed by atoms with van der Waals surface area (Å²) in [6, 6.07) is 13.4. The Labute approximate surface area is 177 Å². The zero-order valence-corrected chi connectivity index (χ0v) is 17.6. The maximum Gasteiger partial charge on any atom is 0.262 e. The Balaban J connectivity index is 1.40. The van der Waals surface area contributed by atoms with Gasteiger partial charge in [0.2, 0.25) is 0 Å². The van der Waals surface area contributed by atoms with Crippen LogP contribution in [-0.2, 0) is 17.9 Å². The number of nitrogens with one attached hydrogen (secondary N) is 2. The van der Waals surface area contributed by atoms with Crippen molar-refractivity contribution in [1.29, 1.82) is 0 Å². The topological polar surface area (TPSA) is 70.7 Å². The minimum absolute atomic E-state index is 0.0286. The fourth-order valence-corrected chi connectivity index (χ4v) is 4.54. The molecule has 4 rings (SSSR count). The molecule has 1 fully saturated rings. The van der Waals surface area contributed by atoms with Crippen LogP contribution >= 0.6 is 0 Å². The maximum absolute atomic E-state index is 12.7. The lowest BCUT2D eigenvalue weighted by Crippen LogP contribution is -2.38. The summed E-state index contributed by atoms with van der Waals surface area (Å²) in [4.78, 5) is 26.6. The van der Waals surface area contributed by atoms with Gasteiger partial charge in [-0.3, -0.25) is 14.5 Å². The number of piperidine rings is 1. The summed E-state index contributed by atoms with van der Waals surface area (Å²) in [6.07, 6.45) is 1.29. The van der Waals surface area contributed by atoms with E-state index in [4.69, 9.17) is 4.74 Å². The van der Waals surface area contributed by atoms with E-state index in [0.717, 1.165) is 37.0 Å². The molecule has 2 unspecified atom stereocenters. The highest BCUT2D eigenvalue weighted by Crippen LogP contribution is 2.28. The molecular weight excluding hydrogens is 378 g/mol. The SMILES string of the molecule is CC1CC(C)CN(Cc2ccccc2CNC(=O)c2ccc3c(c2)OCC(=O)N3)C1. The third-order valence-electron chi connectivity index (χ3n) is 5.77. The number of amides is 2. The van der Waals surface area contributed by atoms with Crippen molar-refractivity contribution in [3.05, 3.63) is 59.2 Å². The van der Waals surface area contributed by atoms with Crippen molar-refractivity contribution < 1.29 is 14.3 Å². The van der Waals surface area contributed by atoms with Crippen molar-refractivity contribution in [2.24, 2.45) is 11.8 Å². The Morgan fingerprint density at radius 3 is 2.63 bits per heavy atom. The predicted octanol–water partition coefficient (Wildman–Crippen LogP) is 3.43. The van der Waals surface area contributed by atoms with Crippen molar-refractivity contribution in [3.63, 3.8) is 0 Å². The van der Waals surface area contributed by atoms with Gasteiger partial charge in [-0.25, -0.2) is 0 Å². The Kier molecular flexibility index (Phi) is 6.04. The van der Waals surface area contributed by atoms with Gasteiger partial charge in [0.1, 0.15) is 5.75 Å². The van der Waals surface area contributed by atoms with Gasteiger partial charge >= 0.3 is 0 Å². The van der Waals surface area contributed by atoms with Crippen molar-refractivity contribution in [2.75, 3.05) is 25.0 Å². The largest absolute Gasteiger partial charge is 0.482 e. The number of ether oxygens (including phenoxy) is 1. The molecule has 2 aliphatic rings. The number of carbonyl (C=O) groups is 2. The van der Waals surface area contributed by atoms with Crippen LogP contribution in [0, 0.1) is 11.8 Å². The number of rotatable bonds is 5. The van der Waals surface area contributed by atoms with Gasteiger partial charge in [-0.1, -0.05) is 38.1 Å². The first-order valence-corrected chi connectivity index (χ1v) is 10.6. The van der Waals surface area contributed by atoms with Gasteiger partial charge in [0.05, 0.1) is 5.69 Å². The lowest BCUT2D eigenvalue weighted by atomic mass is 9.91. The van der Waals surface area contributed by atoms with Crippen LogP contribution in [0.2, 0.25) is 0 Å². The Hall–Kier alpha value is -2.86. The molecular formula is C24H29N3O3. The van der Waals surface area contributed by atoms with Crippen LogP contribution in [0.4, 0.5) is 5.69 Å². The summed E-state index contributed by atoms with van der Waals surface area (Å²) in [6.45, 7) is 8.24. The molecule has 158 valence electrons. The zero-order chi connectivity index (χ0) is 21.1. The molecule has 0 saturated carbocycles. The summed E-state index contributed by atoms with van der Waals surface area (Å²) in [5, 5.41) is 5.76. The average molecular weight is 408 g/mol. The van der Waals surface area contributed by atoms with E-state index < -0.39 is 0 Å². The predicted molar refractivity (Wildman–Crippen MR) is 116 cm³/mol. The third-order valence-corrected chi connectivity index (χ3v) is 5.77. The van der Waals surface area contributed by atoms with Gasteiger partial charge in [-0.05, 0) is 47.6 Å². The number of hydrogen-bond acceptors (Lipinski definition) is 4. The number of fused-ring (bicyclic) bond motifs is 1. The van der Waals surface area contributed by atoms with E-state index in [0.29, 0.717) is 23.5 Å². The van der Waals surface area contributed by atoms with Crippen LogP contribution in [0.5, 0.6) is 5.75 Å². The third kappa shape index (κ3) is 4.82. The van der Waals surface area contributed by atoms with Gasteiger partial charge in [-0.15, -0.1) is 0 Å². The Morgan fingerprint density at radius 1 is 1.13 bits per heavy atom. The Morgan fingerprint density at radius 2 is 1.87 bits per heavy atom. The highest BCUT2D eigenvalue weighted by Gasteiger charge is 2.22. The van der Waals surface area contributed by atoms with Crippen LogP contribution < -0.4 is 15.4 Å². The lowest BCUT2D eigenvalue weighted by Gasteiger charge is -2.35. The first kappa shape index (κ1) is 20.4. The molecule has 2 N–H and O–H groups in total. The number of carbonyl (C=O) groups excluding carboxylic acids is 2. The summed E-state index contributed by atoms with van der Waals surface area (Å²) < 4.78 is 5.41. The van der Waals surface area contributed by atoms with Crippen LogP contribution in [0.25, 0.3) is 0 Å². The summed E-state index contributed by atoms with van der Waals surface area (Å²) >= 11 is 0. The molecule has 2 atom stereocenters. The monoisotopic (exact) mass is 407 g/mol. The van der Waals surface area contributed by atoms with Crippen LogP contribution in [-0.4, -0.2) is 36.4 Å². The van der Waals surface area contributed by atoms with E-state index in [2.05, 4.69) is 47.6 Å². The second-order valence-corrected chi connectivity index (χ2v) is 8.64. The molecule has 0 aromatic heterocycles. The standard InChI is InChI=1S/C24H29N3O3/c1-16-9-17(2)13-27(12-16)14-20-6-4-3-5-19(20)11-25-24(29)18-7-8-21-22(10-18)30-15-23(28)26-21/h3-8,10,16-17H,9,11-15H2,1-2H3,(H,25,29)(H,26,28). The van der Waals surface area contributed by atoms with Crippen molar-refractivity contribution >= 4 is 17.5 Å². The van der Waals surface area contributed by atoms with Crippen molar-refractivity contribution in [3.8, 4) is 5.75 Å². The van der Waals surface area contributed by atoms with Crippen molar-refractivity contribution in [2.45, 2.75) is 33.4 Å². The van der Waals surface area contributed by atoms with Gasteiger partial charge < -0.3 is 15.4 Å². The molecule has 0 bridgehead atoms. The van der Waals surface area contributed by atoms with Crippen LogP contribution in [0.1, 0.15) is 41.8 Å². The number of nitrogens with zero attached hydrogens (tertiary/aromatic N) is 1. The smallest absolute Gasteiger partial charge is 0.262 e. The molecule has 2 heterocycles. The molecule has 0 radical (unpaired) electrons. The molecule has 2 aromatic carbocycles. The highest BCUT2D eigenvalue weighted by molar-refractivity contribution is 5.98. The van der Waals surface area contributed by atoms with E-state index in [1.54, 1.807) is 18.2 Å². The summed E-state index contributed by atoms with van der Waals surface area (Å²) in [7, 11) is 0. The molecule has 30 heavy (non-hydrogen) atoms. The zero-order valence-electron chi connectivity index (χ0n) is 17.6.